The molecule has 0 radical (unpaired) electrons. The molecule has 0 fully saturated rings. The van der Waals surface area contributed by atoms with E-state index in [1.54, 1.807) is 41.3 Å². The summed E-state index contributed by atoms with van der Waals surface area (Å²) < 4.78 is 69.2. The first-order valence-corrected chi connectivity index (χ1v) is 18.9. The number of aliphatic hydroxyl groups excluding tert-OH is 1. The van der Waals surface area contributed by atoms with Gasteiger partial charge in [0.25, 0.3) is 0 Å². The molecule has 0 amide bonds. The van der Waals surface area contributed by atoms with E-state index >= 15 is 0 Å². The summed E-state index contributed by atoms with van der Waals surface area (Å²) in [5.74, 6) is -1.72. The number of fused-ring (bicyclic) bond motifs is 1. The number of carbonyl (C=O) groups is 2. The van der Waals surface area contributed by atoms with Crippen LogP contribution in [0.15, 0.2) is 70.4 Å². The van der Waals surface area contributed by atoms with Gasteiger partial charge in [0.15, 0.2) is 31.2 Å². The molecular formula is C31H34BrNO11S2. The first-order chi connectivity index (χ1) is 21.6. The molecule has 1 atom stereocenters. The predicted molar refractivity (Wildman–Crippen MR) is 173 cm³/mol. The van der Waals surface area contributed by atoms with Crippen molar-refractivity contribution in [2.24, 2.45) is 0 Å². The Kier molecular flexibility index (Phi) is 11.4. The van der Waals surface area contributed by atoms with Crippen LogP contribution in [0.5, 0.6) is 11.5 Å². The number of hydrogen-bond acceptors (Lipinski definition) is 12. The van der Waals surface area contributed by atoms with Crippen LogP contribution in [0.2, 0.25) is 0 Å². The van der Waals surface area contributed by atoms with Crippen LogP contribution in [0, 0.1) is 0 Å². The van der Waals surface area contributed by atoms with Crippen molar-refractivity contribution in [3.05, 3.63) is 87.1 Å². The van der Waals surface area contributed by atoms with E-state index in [0.717, 1.165) is 18.1 Å². The molecule has 2 aromatic rings. The van der Waals surface area contributed by atoms with Crippen molar-refractivity contribution in [3.8, 4) is 11.5 Å². The lowest BCUT2D eigenvalue weighted by Gasteiger charge is -2.30. The minimum Gasteiger partial charge on any atom is -0.461 e. The summed E-state index contributed by atoms with van der Waals surface area (Å²) in [6.07, 6.45) is 6.78. The summed E-state index contributed by atoms with van der Waals surface area (Å²) in [6.45, 7) is 1.08. The minimum atomic E-state index is -3.46. The molecule has 4 rings (SSSR count). The van der Waals surface area contributed by atoms with Crippen LogP contribution in [0.1, 0.15) is 23.6 Å². The summed E-state index contributed by atoms with van der Waals surface area (Å²) >= 11 is 3.57. The molecule has 0 bridgehead atoms. The van der Waals surface area contributed by atoms with Crippen molar-refractivity contribution in [1.29, 1.82) is 0 Å². The molecule has 0 aromatic heterocycles. The van der Waals surface area contributed by atoms with Gasteiger partial charge in [-0.2, -0.15) is 0 Å². The Balaban J connectivity index is 1.83. The molecule has 0 saturated heterocycles. The lowest BCUT2D eigenvalue weighted by Crippen LogP contribution is -2.30. The molecule has 12 nitrogen and oxygen atoms in total. The van der Waals surface area contributed by atoms with Crippen LogP contribution in [0.4, 0.5) is 0 Å². The topological polar surface area (TPSA) is 163 Å². The largest absolute Gasteiger partial charge is 0.461 e. The van der Waals surface area contributed by atoms with Gasteiger partial charge in [-0.15, -0.1) is 0 Å². The highest BCUT2D eigenvalue weighted by atomic mass is 79.9. The van der Waals surface area contributed by atoms with Gasteiger partial charge in [-0.3, -0.25) is 0 Å². The van der Waals surface area contributed by atoms with E-state index in [-0.39, 0.29) is 37.1 Å². The van der Waals surface area contributed by atoms with Gasteiger partial charge in [-0.25, -0.2) is 26.4 Å². The first-order valence-electron chi connectivity index (χ1n) is 14.0. The van der Waals surface area contributed by atoms with Crippen LogP contribution in [-0.2, 0) is 51.9 Å². The molecule has 2 aliphatic rings. The zero-order chi connectivity index (χ0) is 33.6. The Morgan fingerprint density at radius 3 is 2.07 bits per heavy atom. The second-order valence-corrected chi connectivity index (χ2v) is 16.2. The summed E-state index contributed by atoms with van der Waals surface area (Å²) in [6, 6.07) is 10.1. The van der Waals surface area contributed by atoms with Gasteiger partial charge in [0.2, 0.25) is 6.79 Å². The monoisotopic (exact) mass is 739 g/mol. The quantitative estimate of drug-likeness (QED) is 0.317. The van der Waals surface area contributed by atoms with Gasteiger partial charge >= 0.3 is 11.9 Å². The fraction of sp³-hybridized carbons (Fsp3) is 0.355. The maximum absolute atomic E-state index is 13.6. The molecule has 1 N–H and O–H groups in total. The molecular weight excluding hydrogens is 706 g/mol. The third kappa shape index (κ3) is 9.67. The van der Waals surface area contributed by atoms with E-state index < -0.39 is 56.3 Å². The van der Waals surface area contributed by atoms with Crippen molar-refractivity contribution in [2.75, 3.05) is 44.0 Å². The van der Waals surface area contributed by atoms with Gasteiger partial charge in [-0.05, 0) is 47.4 Å². The number of ether oxygens (including phenoxy) is 4. The normalized spacial score (nSPS) is 16.5. The minimum absolute atomic E-state index is 0.0749. The molecule has 0 saturated carbocycles. The molecule has 15 heteroatoms. The summed E-state index contributed by atoms with van der Waals surface area (Å²) in [4.78, 5) is 28.9. The van der Waals surface area contributed by atoms with E-state index in [4.69, 9.17) is 18.9 Å². The third-order valence-corrected chi connectivity index (χ3v) is 9.56. The van der Waals surface area contributed by atoms with Gasteiger partial charge in [0.05, 0.1) is 29.3 Å². The molecule has 0 spiro atoms. The van der Waals surface area contributed by atoms with Gasteiger partial charge in [0.1, 0.15) is 13.2 Å². The lowest BCUT2D eigenvalue weighted by atomic mass is 9.94. The number of benzene rings is 2. The molecule has 248 valence electrons. The highest BCUT2D eigenvalue weighted by Crippen LogP contribution is 2.38. The number of halogens is 1. The highest BCUT2D eigenvalue weighted by molar-refractivity contribution is 9.10. The van der Waals surface area contributed by atoms with Crippen molar-refractivity contribution in [3.63, 3.8) is 0 Å². The summed E-state index contributed by atoms with van der Waals surface area (Å²) in [5, 5.41) is 9.54. The van der Waals surface area contributed by atoms with Gasteiger partial charge in [0, 0.05) is 35.8 Å². The first kappa shape index (κ1) is 35.2. The second-order valence-electron chi connectivity index (χ2n) is 10.8. The molecule has 2 aromatic carbocycles. The Morgan fingerprint density at radius 2 is 1.50 bits per heavy atom. The summed E-state index contributed by atoms with van der Waals surface area (Å²) in [5.41, 5.74) is 2.16. The average Bonchev–Trinajstić information content (AvgIpc) is 3.42. The fourth-order valence-electron chi connectivity index (χ4n) is 4.50. The third-order valence-electron chi connectivity index (χ3n) is 7.01. The molecule has 1 unspecified atom stereocenters. The van der Waals surface area contributed by atoms with E-state index in [1.807, 2.05) is 13.0 Å². The van der Waals surface area contributed by atoms with Crippen molar-refractivity contribution in [1.82, 2.24) is 4.90 Å². The molecule has 46 heavy (non-hydrogen) atoms. The summed E-state index contributed by atoms with van der Waals surface area (Å²) in [7, 11) is -6.93. The fourth-order valence-corrected chi connectivity index (χ4v) is 5.72. The Labute approximate surface area is 276 Å². The lowest BCUT2D eigenvalue weighted by molar-refractivity contribution is -0.142. The Hall–Kier alpha value is -3.66. The number of allylic oxidation sites excluding steroid dienone is 2. The molecule has 0 aliphatic carbocycles. The van der Waals surface area contributed by atoms with Crippen LogP contribution >= 0.6 is 15.9 Å². The van der Waals surface area contributed by atoms with E-state index in [2.05, 4.69) is 15.9 Å². The SMILES string of the molecule is CC1C=C(c2ccc(CO)cc2)C=C(C(=O)OCCS(C)(=O)=O)C(C(=O)OCCS(C)(=O)=O)=CN1Cc1cc2c(cc1Br)OCO2. The van der Waals surface area contributed by atoms with E-state index in [0.29, 0.717) is 32.7 Å². The van der Waals surface area contributed by atoms with Crippen LogP contribution in [0.3, 0.4) is 0 Å². The van der Waals surface area contributed by atoms with Crippen LogP contribution < -0.4 is 9.47 Å². The van der Waals surface area contributed by atoms with Gasteiger partial charge < -0.3 is 29.0 Å². The smallest absolute Gasteiger partial charge is 0.340 e. The second kappa shape index (κ2) is 14.8. The zero-order valence-corrected chi connectivity index (χ0v) is 28.6. The Bertz CT molecular complexity index is 1800. The maximum atomic E-state index is 13.6. The van der Waals surface area contributed by atoms with Crippen molar-refractivity contribution < 1.29 is 50.5 Å². The van der Waals surface area contributed by atoms with E-state index in [1.165, 1.54) is 12.3 Å². The van der Waals surface area contributed by atoms with Crippen LogP contribution in [0.25, 0.3) is 5.57 Å². The number of carbonyl (C=O) groups excluding carboxylic acids is 2. The Morgan fingerprint density at radius 1 is 0.935 bits per heavy atom. The number of sulfone groups is 2. The predicted octanol–water partition coefficient (Wildman–Crippen LogP) is 2.94. The number of aliphatic hydroxyl groups is 1. The number of rotatable bonds is 12. The standard InChI is InChI=1S/C31H34BrNO11S2/c1-20-12-23(22-6-4-21(18-34)5-7-22)13-25(30(35)41-8-10-45(2,37)38)26(31(36)42-9-11-46(3,39)40)17-33(20)16-24-14-28-29(15-27(24)32)44-19-43-28/h4-7,12-15,17,20,34H,8-11,16,18-19H2,1-3H3. The number of hydrogen-bond donors (Lipinski definition) is 1. The van der Waals surface area contributed by atoms with Crippen molar-refractivity contribution >= 4 is 53.1 Å². The zero-order valence-electron chi connectivity index (χ0n) is 25.4. The van der Waals surface area contributed by atoms with Gasteiger partial charge in [-0.1, -0.05) is 46.3 Å². The number of esters is 2. The molecule has 2 aliphatic heterocycles. The maximum Gasteiger partial charge on any atom is 0.340 e. The number of nitrogens with zero attached hydrogens (tertiary/aromatic N) is 1. The van der Waals surface area contributed by atoms with Crippen molar-refractivity contribution in [2.45, 2.75) is 26.1 Å². The highest BCUT2D eigenvalue weighted by Gasteiger charge is 2.29. The average molecular weight is 741 g/mol. The van der Waals surface area contributed by atoms with Crippen LogP contribution in [-0.4, -0.2) is 88.8 Å². The van der Waals surface area contributed by atoms with E-state index in [9.17, 15) is 31.5 Å². The molecule has 2 heterocycles.